The van der Waals surface area contributed by atoms with Crippen molar-refractivity contribution >= 4 is 44.2 Å². The van der Waals surface area contributed by atoms with Crippen molar-refractivity contribution in [1.82, 2.24) is 10.3 Å². The van der Waals surface area contributed by atoms with Gasteiger partial charge in [0.15, 0.2) is 5.13 Å². The molecule has 0 aliphatic carbocycles. The predicted octanol–water partition coefficient (Wildman–Crippen LogP) is 3.58. The Morgan fingerprint density at radius 2 is 1.90 bits per heavy atom. The van der Waals surface area contributed by atoms with Crippen molar-refractivity contribution in [3.05, 3.63) is 47.0 Å². The number of benzene rings is 2. The first-order valence-corrected chi connectivity index (χ1v) is 10.2. The van der Waals surface area contributed by atoms with Crippen molar-refractivity contribution in [3.63, 3.8) is 0 Å². The van der Waals surface area contributed by atoms with E-state index in [0.717, 1.165) is 15.3 Å². The quantitative estimate of drug-likeness (QED) is 0.618. The van der Waals surface area contributed by atoms with Gasteiger partial charge in [-0.2, -0.15) is 0 Å². The molecule has 2 atom stereocenters. The summed E-state index contributed by atoms with van der Waals surface area (Å²) in [5, 5.41) is 7.83. The molecule has 1 aromatic heterocycles. The summed E-state index contributed by atoms with van der Waals surface area (Å²) in [5.74, 6) is 0.624. The third-order valence-corrected chi connectivity index (χ3v) is 5.90. The minimum Gasteiger partial charge on any atom is -0.496 e. The molecule has 1 amide bonds. The van der Waals surface area contributed by atoms with E-state index in [1.807, 2.05) is 18.2 Å². The lowest BCUT2D eigenvalue weighted by Crippen LogP contribution is -2.46. The van der Waals surface area contributed by atoms with Crippen LogP contribution in [0.4, 0.5) is 5.13 Å². The van der Waals surface area contributed by atoms with Gasteiger partial charge in [-0.3, -0.25) is 4.79 Å². The maximum Gasteiger partial charge on any atom is 0.259 e. The Bertz CT molecular complexity index is 1020. The fourth-order valence-electron chi connectivity index (χ4n) is 3.27. The zero-order valence-electron chi connectivity index (χ0n) is 15.9. The molecule has 0 radical (unpaired) electrons. The average Bonchev–Trinajstić information content (AvgIpc) is 3.33. The van der Waals surface area contributed by atoms with Crippen LogP contribution in [0.3, 0.4) is 0 Å². The predicted molar refractivity (Wildman–Crippen MR) is 114 cm³/mol. The van der Waals surface area contributed by atoms with Gasteiger partial charge in [0, 0.05) is 5.02 Å². The zero-order valence-corrected chi connectivity index (χ0v) is 17.5. The first kappa shape index (κ1) is 19.8. The standard InChI is InChI=1S/C20H20ClN3O4S/c1-26-15-4-3-5-16(27-2)18(15)19(25)22-13-9-28-10-14(13)24-20-23-12-7-6-11(21)8-17(12)29-20/h3-8,13-14H,9-10H2,1-2H3,(H,22,25)(H,23,24)/t13-,14+/m0/s1. The van der Waals surface area contributed by atoms with Gasteiger partial charge in [-0.15, -0.1) is 0 Å². The summed E-state index contributed by atoms with van der Waals surface area (Å²) in [5.41, 5.74) is 1.23. The van der Waals surface area contributed by atoms with Crippen LogP contribution in [0.1, 0.15) is 10.4 Å². The highest BCUT2D eigenvalue weighted by molar-refractivity contribution is 7.22. The number of amides is 1. The van der Waals surface area contributed by atoms with E-state index in [9.17, 15) is 4.79 Å². The molecular weight excluding hydrogens is 414 g/mol. The summed E-state index contributed by atoms with van der Waals surface area (Å²) >= 11 is 7.57. The van der Waals surface area contributed by atoms with E-state index in [0.29, 0.717) is 35.3 Å². The number of nitrogens with zero attached hydrogens (tertiary/aromatic N) is 1. The lowest BCUT2D eigenvalue weighted by Gasteiger charge is -2.21. The van der Waals surface area contributed by atoms with Gasteiger partial charge in [0.2, 0.25) is 0 Å². The van der Waals surface area contributed by atoms with Gasteiger partial charge in [0.05, 0.1) is 49.7 Å². The second-order valence-electron chi connectivity index (χ2n) is 6.54. The van der Waals surface area contributed by atoms with Crippen LogP contribution in [0.2, 0.25) is 5.02 Å². The molecule has 7 nitrogen and oxygen atoms in total. The Balaban J connectivity index is 1.51. The number of hydrogen-bond donors (Lipinski definition) is 2. The second-order valence-corrected chi connectivity index (χ2v) is 8.00. The van der Waals surface area contributed by atoms with Crippen LogP contribution < -0.4 is 20.1 Å². The number of anilines is 1. The topological polar surface area (TPSA) is 81.7 Å². The third kappa shape index (κ3) is 4.10. The monoisotopic (exact) mass is 433 g/mol. The van der Waals surface area contributed by atoms with Crippen LogP contribution in [0.5, 0.6) is 11.5 Å². The number of carbonyl (C=O) groups excluding carboxylic acids is 1. The van der Waals surface area contributed by atoms with Gasteiger partial charge >= 0.3 is 0 Å². The van der Waals surface area contributed by atoms with Crippen LogP contribution in [-0.2, 0) is 4.74 Å². The number of halogens is 1. The summed E-state index contributed by atoms with van der Waals surface area (Å²) in [4.78, 5) is 17.5. The van der Waals surface area contributed by atoms with E-state index in [-0.39, 0.29) is 18.0 Å². The van der Waals surface area contributed by atoms with Crippen LogP contribution in [0.15, 0.2) is 36.4 Å². The van der Waals surface area contributed by atoms with Gasteiger partial charge in [-0.1, -0.05) is 29.0 Å². The molecule has 2 heterocycles. The van der Waals surface area contributed by atoms with Gasteiger partial charge in [0.25, 0.3) is 5.91 Å². The summed E-state index contributed by atoms with van der Waals surface area (Å²) < 4.78 is 17.3. The van der Waals surface area contributed by atoms with Crippen molar-refractivity contribution in [2.24, 2.45) is 0 Å². The molecular formula is C20H20ClN3O4S. The third-order valence-electron chi connectivity index (χ3n) is 4.71. The number of fused-ring (bicyclic) bond motifs is 1. The fraction of sp³-hybridized carbons (Fsp3) is 0.300. The number of aromatic nitrogens is 1. The molecule has 0 saturated carbocycles. The summed E-state index contributed by atoms with van der Waals surface area (Å²) in [6, 6.07) is 10.5. The Morgan fingerprint density at radius 3 is 2.62 bits per heavy atom. The number of hydrogen-bond acceptors (Lipinski definition) is 7. The first-order chi connectivity index (χ1) is 14.1. The Morgan fingerprint density at radius 1 is 1.17 bits per heavy atom. The number of methoxy groups -OCH3 is 2. The molecule has 1 aliphatic rings. The SMILES string of the molecule is COc1cccc(OC)c1C(=O)N[C@H]1COC[C@H]1Nc1nc2ccc(Cl)cc2s1. The summed E-state index contributed by atoms with van der Waals surface area (Å²) in [6.45, 7) is 0.863. The molecule has 0 spiro atoms. The Kier molecular flexibility index (Phi) is 5.75. The molecule has 0 bridgehead atoms. The molecule has 4 rings (SSSR count). The number of carbonyl (C=O) groups is 1. The van der Waals surface area contributed by atoms with Gasteiger partial charge in [-0.05, 0) is 30.3 Å². The van der Waals surface area contributed by atoms with Gasteiger partial charge in [0.1, 0.15) is 17.1 Å². The van der Waals surface area contributed by atoms with Crippen LogP contribution in [0.25, 0.3) is 10.2 Å². The van der Waals surface area contributed by atoms with E-state index in [1.54, 1.807) is 18.2 Å². The van der Waals surface area contributed by atoms with E-state index in [1.165, 1.54) is 25.6 Å². The Labute approximate surface area is 176 Å². The van der Waals surface area contributed by atoms with Crippen molar-refractivity contribution in [3.8, 4) is 11.5 Å². The molecule has 0 unspecified atom stereocenters. The lowest BCUT2D eigenvalue weighted by atomic mass is 10.1. The zero-order chi connectivity index (χ0) is 20.4. The first-order valence-electron chi connectivity index (χ1n) is 9.01. The molecule has 9 heteroatoms. The highest BCUT2D eigenvalue weighted by atomic mass is 35.5. The number of ether oxygens (including phenoxy) is 3. The summed E-state index contributed by atoms with van der Waals surface area (Å²) in [7, 11) is 3.04. The van der Waals surface area contributed by atoms with Crippen LogP contribution in [-0.4, -0.2) is 50.4 Å². The minimum absolute atomic E-state index is 0.115. The van der Waals surface area contributed by atoms with Crippen molar-refractivity contribution < 1.29 is 19.0 Å². The maximum absolute atomic E-state index is 13.0. The molecule has 152 valence electrons. The van der Waals surface area contributed by atoms with E-state index >= 15 is 0 Å². The maximum atomic E-state index is 13.0. The highest BCUT2D eigenvalue weighted by Gasteiger charge is 2.32. The molecule has 3 aromatic rings. The van der Waals surface area contributed by atoms with Crippen molar-refractivity contribution in [2.45, 2.75) is 12.1 Å². The van der Waals surface area contributed by atoms with Crippen molar-refractivity contribution in [1.29, 1.82) is 0 Å². The number of thiazole rings is 1. The summed E-state index contributed by atoms with van der Waals surface area (Å²) in [6.07, 6.45) is 0. The normalized spacial score (nSPS) is 18.6. The Hall–Kier alpha value is -2.55. The fourth-order valence-corrected chi connectivity index (χ4v) is 4.48. The molecule has 1 fully saturated rings. The van der Waals surface area contributed by atoms with Crippen LogP contribution >= 0.6 is 22.9 Å². The number of rotatable bonds is 6. The lowest BCUT2D eigenvalue weighted by molar-refractivity contribution is 0.0922. The second kappa shape index (κ2) is 8.44. The van der Waals surface area contributed by atoms with E-state index < -0.39 is 0 Å². The molecule has 2 N–H and O–H groups in total. The van der Waals surface area contributed by atoms with Crippen LogP contribution in [0, 0.1) is 0 Å². The highest BCUT2D eigenvalue weighted by Crippen LogP contribution is 2.30. The molecule has 1 aliphatic heterocycles. The largest absolute Gasteiger partial charge is 0.496 e. The molecule has 2 aromatic carbocycles. The molecule has 1 saturated heterocycles. The van der Waals surface area contributed by atoms with Gasteiger partial charge < -0.3 is 24.8 Å². The van der Waals surface area contributed by atoms with Crippen molar-refractivity contribution in [2.75, 3.05) is 32.8 Å². The van der Waals surface area contributed by atoms with E-state index in [2.05, 4.69) is 15.6 Å². The molecule has 29 heavy (non-hydrogen) atoms. The number of nitrogens with one attached hydrogen (secondary N) is 2. The minimum atomic E-state index is -0.280. The van der Waals surface area contributed by atoms with E-state index in [4.69, 9.17) is 25.8 Å². The van der Waals surface area contributed by atoms with Gasteiger partial charge in [-0.25, -0.2) is 4.98 Å². The average molecular weight is 434 g/mol. The smallest absolute Gasteiger partial charge is 0.259 e.